The van der Waals surface area contributed by atoms with Gasteiger partial charge in [0, 0.05) is 19.6 Å². The first-order valence-corrected chi connectivity index (χ1v) is 7.54. The lowest BCUT2D eigenvalue weighted by molar-refractivity contribution is 0.441. The Hall–Kier alpha value is -2.17. The fourth-order valence-corrected chi connectivity index (χ4v) is 2.67. The summed E-state index contributed by atoms with van der Waals surface area (Å²) in [5.41, 5.74) is 1.23. The zero-order chi connectivity index (χ0) is 14.5. The third kappa shape index (κ3) is 3.68. The number of nitrogens with one attached hydrogen (secondary N) is 1. The van der Waals surface area contributed by atoms with Crippen LogP contribution in [0.25, 0.3) is 0 Å². The van der Waals surface area contributed by atoms with E-state index in [0.717, 1.165) is 31.4 Å². The lowest BCUT2D eigenvalue weighted by atomic mass is 10.0. The molecule has 5 heteroatoms. The van der Waals surface area contributed by atoms with Crippen LogP contribution in [0.4, 0.5) is 11.8 Å². The Labute approximate surface area is 125 Å². The van der Waals surface area contributed by atoms with E-state index in [1.165, 1.54) is 18.4 Å². The van der Waals surface area contributed by atoms with Crippen LogP contribution in [-0.4, -0.2) is 28.3 Å². The lowest BCUT2D eigenvalue weighted by Gasteiger charge is -2.30. The Morgan fingerprint density at radius 2 is 2.14 bits per heavy atom. The smallest absolute Gasteiger partial charge is 0.247 e. The Bertz CT molecular complexity index is 572. The highest BCUT2D eigenvalue weighted by molar-refractivity contribution is 5.39. The molecule has 0 aliphatic carbocycles. The summed E-state index contributed by atoms with van der Waals surface area (Å²) in [4.78, 5) is 6.82. The van der Waals surface area contributed by atoms with E-state index in [9.17, 15) is 0 Å². The maximum absolute atomic E-state index is 4.59. The van der Waals surface area contributed by atoms with Gasteiger partial charge in [-0.25, -0.2) is 0 Å². The van der Waals surface area contributed by atoms with Crippen molar-refractivity contribution in [3.05, 3.63) is 42.1 Å². The van der Waals surface area contributed by atoms with E-state index in [2.05, 4.69) is 44.5 Å². The van der Waals surface area contributed by atoms with Gasteiger partial charge in [-0.1, -0.05) is 37.3 Å². The summed E-state index contributed by atoms with van der Waals surface area (Å²) in [7, 11) is 0. The van der Waals surface area contributed by atoms with E-state index in [0.29, 0.717) is 5.92 Å². The minimum atomic E-state index is 0.697. The van der Waals surface area contributed by atoms with Crippen molar-refractivity contribution >= 4 is 11.8 Å². The molecule has 2 heterocycles. The maximum atomic E-state index is 4.59. The highest BCUT2D eigenvalue weighted by atomic mass is 15.3. The van der Waals surface area contributed by atoms with E-state index in [4.69, 9.17) is 0 Å². The molecule has 0 spiro atoms. The molecule has 1 N–H and O–H groups in total. The first-order valence-electron chi connectivity index (χ1n) is 7.54. The minimum Gasteiger partial charge on any atom is -0.365 e. The SMILES string of the molecule is CC1CCCN(c2nncc(NCc3ccccc3)n2)C1. The molecular formula is C16H21N5. The van der Waals surface area contributed by atoms with Crippen LogP contribution in [0.3, 0.4) is 0 Å². The van der Waals surface area contributed by atoms with Crippen molar-refractivity contribution in [2.24, 2.45) is 5.92 Å². The molecule has 1 aromatic carbocycles. The third-order valence-corrected chi connectivity index (χ3v) is 3.80. The van der Waals surface area contributed by atoms with E-state index >= 15 is 0 Å². The molecule has 0 radical (unpaired) electrons. The van der Waals surface area contributed by atoms with Crippen LogP contribution in [-0.2, 0) is 6.54 Å². The van der Waals surface area contributed by atoms with Crippen LogP contribution >= 0.6 is 0 Å². The molecule has 5 nitrogen and oxygen atoms in total. The van der Waals surface area contributed by atoms with E-state index < -0.39 is 0 Å². The summed E-state index contributed by atoms with van der Waals surface area (Å²) >= 11 is 0. The van der Waals surface area contributed by atoms with Crippen molar-refractivity contribution in [3.8, 4) is 0 Å². The van der Waals surface area contributed by atoms with Crippen molar-refractivity contribution in [1.29, 1.82) is 0 Å². The average molecular weight is 283 g/mol. The standard InChI is InChI=1S/C16H21N5/c1-13-6-5-9-21(12-13)16-19-15(11-18-20-16)17-10-14-7-3-2-4-8-14/h2-4,7-8,11,13H,5-6,9-10,12H2,1H3,(H,17,19,20). The molecule has 21 heavy (non-hydrogen) atoms. The van der Waals surface area contributed by atoms with Gasteiger partial charge < -0.3 is 10.2 Å². The molecule has 1 atom stereocenters. The van der Waals surface area contributed by atoms with Gasteiger partial charge in [-0.2, -0.15) is 10.1 Å². The van der Waals surface area contributed by atoms with Gasteiger partial charge in [-0.05, 0) is 24.3 Å². The number of benzene rings is 1. The monoisotopic (exact) mass is 283 g/mol. The molecule has 1 aliphatic rings. The van der Waals surface area contributed by atoms with Crippen LogP contribution in [0.15, 0.2) is 36.5 Å². The van der Waals surface area contributed by atoms with Crippen molar-refractivity contribution in [2.45, 2.75) is 26.3 Å². The van der Waals surface area contributed by atoms with Gasteiger partial charge in [-0.15, -0.1) is 5.10 Å². The van der Waals surface area contributed by atoms with Crippen LogP contribution in [0.1, 0.15) is 25.3 Å². The van der Waals surface area contributed by atoms with Gasteiger partial charge in [0.05, 0.1) is 6.20 Å². The molecule has 1 fully saturated rings. The summed E-state index contributed by atoms with van der Waals surface area (Å²) < 4.78 is 0. The summed E-state index contributed by atoms with van der Waals surface area (Å²) in [6.45, 7) is 5.06. The quantitative estimate of drug-likeness (QED) is 0.935. The third-order valence-electron chi connectivity index (χ3n) is 3.80. The Kier molecular flexibility index (Phi) is 4.28. The summed E-state index contributed by atoms with van der Waals surface area (Å²) in [6, 6.07) is 10.3. The number of piperidine rings is 1. The Morgan fingerprint density at radius 3 is 2.95 bits per heavy atom. The molecule has 0 bridgehead atoms. The summed E-state index contributed by atoms with van der Waals surface area (Å²) in [6.07, 6.45) is 4.17. The number of hydrogen-bond donors (Lipinski definition) is 1. The number of nitrogens with zero attached hydrogens (tertiary/aromatic N) is 4. The van der Waals surface area contributed by atoms with Crippen LogP contribution in [0.5, 0.6) is 0 Å². The van der Waals surface area contributed by atoms with Crippen LogP contribution in [0, 0.1) is 5.92 Å². The second kappa shape index (κ2) is 6.52. The van der Waals surface area contributed by atoms with Gasteiger partial charge in [0.2, 0.25) is 5.95 Å². The van der Waals surface area contributed by atoms with Crippen molar-refractivity contribution in [2.75, 3.05) is 23.3 Å². The molecule has 1 aliphatic heterocycles. The fourth-order valence-electron chi connectivity index (χ4n) is 2.67. The van der Waals surface area contributed by atoms with Gasteiger partial charge in [0.1, 0.15) is 0 Å². The first-order chi connectivity index (χ1) is 10.3. The van der Waals surface area contributed by atoms with Crippen molar-refractivity contribution in [1.82, 2.24) is 15.2 Å². The molecule has 3 rings (SSSR count). The van der Waals surface area contributed by atoms with E-state index in [1.54, 1.807) is 6.20 Å². The van der Waals surface area contributed by atoms with Crippen molar-refractivity contribution < 1.29 is 0 Å². The predicted molar refractivity (Wildman–Crippen MR) is 84.2 cm³/mol. The van der Waals surface area contributed by atoms with E-state index in [-0.39, 0.29) is 0 Å². The van der Waals surface area contributed by atoms with E-state index in [1.807, 2.05) is 18.2 Å². The van der Waals surface area contributed by atoms with Crippen molar-refractivity contribution in [3.63, 3.8) is 0 Å². The molecule has 1 aromatic heterocycles. The Balaban J connectivity index is 1.65. The Morgan fingerprint density at radius 1 is 1.29 bits per heavy atom. The fraction of sp³-hybridized carbons (Fsp3) is 0.438. The topological polar surface area (TPSA) is 53.9 Å². The maximum Gasteiger partial charge on any atom is 0.247 e. The second-order valence-electron chi connectivity index (χ2n) is 5.67. The number of hydrogen-bond acceptors (Lipinski definition) is 5. The van der Waals surface area contributed by atoms with Gasteiger partial charge >= 0.3 is 0 Å². The minimum absolute atomic E-state index is 0.697. The zero-order valence-corrected chi connectivity index (χ0v) is 12.4. The van der Waals surface area contributed by atoms with Gasteiger partial charge in [-0.3, -0.25) is 0 Å². The largest absolute Gasteiger partial charge is 0.365 e. The average Bonchev–Trinajstić information content (AvgIpc) is 2.54. The zero-order valence-electron chi connectivity index (χ0n) is 12.4. The van der Waals surface area contributed by atoms with Gasteiger partial charge in [0.25, 0.3) is 0 Å². The lowest BCUT2D eigenvalue weighted by Crippen LogP contribution is -2.35. The number of rotatable bonds is 4. The highest BCUT2D eigenvalue weighted by Gasteiger charge is 2.19. The molecule has 1 saturated heterocycles. The molecule has 0 saturated carbocycles. The number of aromatic nitrogens is 3. The molecule has 1 unspecified atom stereocenters. The van der Waals surface area contributed by atoms with Crippen LogP contribution < -0.4 is 10.2 Å². The first kappa shape index (κ1) is 13.8. The molecule has 110 valence electrons. The second-order valence-corrected chi connectivity index (χ2v) is 5.67. The highest BCUT2D eigenvalue weighted by Crippen LogP contribution is 2.20. The molecule has 2 aromatic rings. The number of anilines is 2. The van der Waals surface area contributed by atoms with Gasteiger partial charge in [0.15, 0.2) is 5.82 Å². The summed E-state index contributed by atoms with van der Waals surface area (Å²) in [5, 5.41) is 11.6. The van der Waals surface area contributed by atoms with Crippen LogP contribution in [0.2, 0.25) is 0 Å². The predicted octanol–water partition coefficient (Wildman–Crippen LogP) is 2.72. The molecular weight excluding hydrogens is 262 g/mol. The summed E-state index contributed by atoms with van der Waals surface area (Å²) in [5.74, 6) is 2.21. The molecule has 0 amide bonds. The normalized spacial score (nSPS) is 18.5.